The van der Waals surface area contributed by atoms with Gasteiger partial charge in [-0.2, -0.15) is 0 Å². The van der Waals surface area contributed by atoms with Crippen LogP contribution in [0, 0.1) is 11.8 Å². The van der Waals surface area contributed by atoms with Crippen molar-refractivity contribution in [3.8, 4) is 0 Å². The van der Waals surface area contributed by atoms with E-state index < -0.39 is 0 Å². The first-order valence-electron chi connectivity index (χ1n) is 9.86. The molecule has 3 unspecified atom stereocenters. The molecular weight excluding hydrogens is 360 g/mol. The van der Waals surface area contributed by atoms with E-state index in [2.05, 4.69) is 42.7 Å². The monoisotopic (exact) mass is 412 g/mol. The van der Waals surface area contributed by atoms with Crippen LogP contribution in [0.5, 0.6) is 0 Å². The third kappa shape index (κ3) is 51.6. The Morgan fingerprint density at radius 2 is 1.04 bits per heavy atom. The van der Waals surface area contributed by atoms with Crippen LogP contribution in [0.15, 0.2) is 36.4 Å². The molecule has 1 aromatic rings. The summed E-state index contributed by atoms with van der Waals surface area (Å²) >= 11 is 0. The number of rotatable bonds is 5. The Labute approximate surface area is 177 Å². The fraction of sp³-hybridized carbons (Fsp3) is 0.727. The van der Waals surface area contributed by atoms with Crippen LogP contribution >= 0.6 is 9.24 Å². The summed E-state index contributed by atoms with van der Waals surface area (Å²) in [6, 6.07) is 12.0. The second-order valence-corrected chi connectivity index (χ2v) is 4.80. The second-order valence-electron chi connectivity index (χ2n) is 4.80. The van der Waals surface area contributed by atoms with Crippen LogP contribution in [-0.4, -0.2) is 13.7 Å². The summed E-state index contributed by atoms with van der Waals surface area (Å²) in [6.45, 7) is 19.2. The third-order valence-electron chi connectivity index (χ3n) is 2.95. The molecule has 155 valence electrons. The van der Waals surface area contributed by atoms with Crippen molar-refractivity contribution in [1.29, 1.82) is 0 Å². The summed E-state index contributed by atoms with van der Waals surface area (Å²) < 4.78 is 0. The van der Waals surface area contributed by atoms with Crippen molar-refractivity contribution in [1.82, 2.24) is 0 Å². The molecule has 0 fully saturated rings. The molecule has 25 heavy (non-hydrogen) atoms. The summed E-state index contributed by atoms with van der Waals surface area (Å²) in [5, 5.41) is 0. The van der Waals surface area contributed by atoms with Crippen LogP contribution in [0.4, 0.5) is 0 Å². The van der Waals surface area contributed by atoms with Crippen molar-refractivity contribution in [3.05, 3.63) is 36.4 Å². The Hall–Kier alpha value is 0.194. The van der Waals surface area contributed by atoms with Gasteiger partial charge in [0.2, 0.25) is 0 Å². The first-order chi connectivity index (χ1) is 11.7. The van der Waals surface area contributed by atoms with Crippen LogP contribution in [0.1, 0.15) is 82.5 Å². The normalized spacial score (nSPS) is 9.60. The summed E-state index contributed by atoms with van der Waals surface area (Å²) in [6.07, 6.45) is 5.51. The molecule has 3 atom stereocenters. The molecule has 3 heteroatoms. The Morgan fingerprint density at radius 1 is 0.760 bits per heavy atom. The van der Waals surface area contributed by atoms with E-state index in [0.29, 0.717) is 0 Å². The van der Waals surface area contributed by atoms with E-state index in [4.69, 9.17) is 0 Å². The van der Waals surface area contributed by atoms with Gasteiger partial charge in [0, 0.05) is 20.0 Å². The minimum absolute atomic E-state index is 0. The summed E-state index contributed by atoms with van der Waals surface area (Å²) in [5.41, 5.74) is 4.50. The maximum atomic E-state index is 4.50. The van der Waals surface area contributed by atoms with Crippen LogP contribution in [0.2, 0.25) is 0 Å². The second kappa shape index (κ2) is 49.6. The van der Waals surface area contributed by atoms with Crippen molar-refractivity contribution < 1.29 is 20.0 Å². The van der Waals surface area contributed by atoms with Gasteiger partial charge in [0.05, 0.1) is 0 Å². The van der Waals surface area contributed by atoms with Gasteiger partial charge >= 0.3 is 0 Å². The van der Waals surface area contributed by atoms with Gasteiger partial charge in [-0.25, -0.2) is 0 Å². The average Bonchev–Trinajstić information content (AvgIpc) is 2.70. The van der Waals surface area contributed by atoms with Crippen molar-refractivity contribution in [2.24, 2.45) is 17.6 Å². The molecule has 1 aromatic carbocycles. The number of hydrogen-bond donors (Lipinski definition) is 1. The minimum Gasteiger partial charge on any atom is -0.333 e. The van der Waals surface area contributed by atoms with Crippen molar-refractivity contribution in [2.45, 2.75) is 81.1 Å². The predicted molar refractivity (Wildman–Crippen MR) is 125 cm³/mol. The molecular formula is C22H52NPV. The molecule has 0 aromatic heterocycles. The van der Waals surface area contributed by atoms with Gasteiger partial charge in [0.1, 0.15) is 0 Å². The third-order valence-corrected chi connectivity index (χ3v) is 2.95. The molecule has 0 aliphatic rings. The Bertz CT molecular complexity index is 212. The van der Waals surface area contributed by atoms with Gasteiger partial charge in [0.15, 0.2) is 0 Å². The van der Waals surface area contributed by atoms with Crippen molar-refractivity contribution >= 4 is 9.24 Å². The molecule has 2 N–H and O–H groups in total. The fourth-order valence-corrected chi connectivity index (χ4v) is 1.85. The predicted octanol–water partition coefficient (Wildman–Crippen LogP) is 7.91. The smallest absolute Gasteiger partial charge is 0 e. The van der Waals surface area contributed by atoms with Gasteiger partial charge in [-0.15, -0.1) is 9.24 Å². The molecule has 0 saturated heterocycles. The standard InChI is InChI=1S/C10H22.C6H6.2C2H6.CH5N.CH5P.V.H2/c1-5-7-10(4)8-9(3)6-2;1-2-4-6-5-3-1;4*1-2;;/h9-10H,5-8H2,1-4H3;1-6H;2*1-2H3;2*2H2,1H3;;1H. The van der Waals surface area contributed by atoms with Crippen molar-refractivity contribution in [2.75, 3.05) is 13.7 Å². The molecule has 0 aliphatic carbocycles. The minimum atomic E-state index is 0. The van der Waals surface area contributed by atoms with Crippen molar-refractivity contribution in [3.63, 3.8) is 0 Å². The van der Waals surface area contributed by atoms with E-state index in [1.807, 2.05) is 70.8 Å². The molecule has 0 spiro atoms. The molecule has 0 aliphatic heterocycles. The molecule has 1 nitrogen and oxygen atoms in total. The van der Waals surface area contributed by atoms with E-state index in [1.165, 1.54) is 32.7 Å². The molecule has 0 amide bonds. The quantitative estimate of drug-likeness (QED) is 0.489. The maximum Gasteiger partial charge on any atom is 0 e. The van der Waals surface area contributed by atoms with Crippen LogP contribution in [-0.2, 0) is 18.6 Å². The number of nitrogens with two attached hydrogens (primary N) is 1. The van der Waals surface area contributed by atoms with Crippen LogP contribution in [0.25, 0.3) is 0 Å². The first-order valence-corrected chi connectivity index (χ1v) is 11.0. The average molecular weight is 413 g/mol. The van der Waals surface area contributed by atoms with E-state index >= 15 is 0 Å². The number of hydrogen-bond acceptors (Lipinski definition) is 1. The Balaban J connectivity index is -0.0000000391. The van der Waals surface area contributed by atoms with Gasteiger partial charge in [-0.1, -0.05) is 118 Å². The van der Waals surface area contributed by atoms with E-state index in [-0.39, 0.29) is 20.0 Å². The summed E-state index contributed by atoms with van der Waals surface area (Å²) in [5.74, 6) is 1.88. The summed E-state index contributed by atoms with van der Waals surface area (Å²) in [7, 11) is 3.92. The van der Waals surface area contributed by atoms with Gasteiger partial charge < -0.3 is 5.73 Å². The Morgan fingerprint density at radius 3 is 1.24 bits per heavy atom. The molecule has 1 radical (unpaired) electrons. The SMILES string of the molecule is CC.CC.CCCC(C)CC(C)CC.CN.CP.[HH].[V].c1ccccc1. The largest absolute Gasteiger partial charge is 0.333 e. The summed E-state index contributed by atoms with van der Waals surface area (Å²) in [4.78, 5) is 0. The van der Waals surface area contributed by atoms with Crippen LogP contribution < -0.4 is 5.73 Å². The fourth-order valence-electron chi connectivity index (χ4n) is 1.85. The zero-order valence-corrected chi connectivity index (χ0v) is 21.6. The zero-order chi connectivity index (χ0) is 20.2. The van der Waals surface area contributed by atoms with Gasteiger partial charge in [-0.05, 0) is 25.3 Å². The van der Waals surface area contributed by atoms with Crippen LogP contribution in [0.3, 0.4) is 0 Å². The molecule has 0 heterocycles. The van der Waals surface area contributed by atoms with E-state index in [1.54, 1.807) is 0 Å². The molecule has 1 rings (SSSR count). The van der Waals surface area contributed by atoms with Gasteiger partial charge in [0.25, 0.3) is 0 Å². The van der Waals surface area contributed by atoms with E-state index in [0.717, 1.165) is 11.8 Å². The maximum absolute atomic E-state index is 4.50. The first kappa shape index (κ1) is 40.0. The van der Waals surface area contributed by atoms with E-state index in [9.17, 15) is 0 Å². The topological polar surface area (TPSA) is 26.0 Å². The molecule has 0 bridgehead atoms. The van der Waals surface area contributed by atoms with Gasteiger partial charge in [-0.3, -0.25) is 0 Å². The Kier molecular flexibility index (Phi) is 79.5. The molecule has 0 saturated carbocycles. The number of benzene rings is 1. The zero-order valence-electron chi connectivity index (χ0n) is 19.0.